The molecule has 2 aromatic carbocycles. The van der Waals surface area contributed by atoms with E-state index in [4.69, 9.17) is 11.6 Å². The van der Waals surface area contributed by atoms with Gasteiger partial charge in [0.1, 0.15) is 11.9 Å². The maximum atomic E-state index is 15.4. The Labute approximate surface area is 273 Å². The van der Waals surface area contributed by atoms with Gasteiger partial charge >= 0.3 is 6.03 Å². The first-order chi connectivity index (χ1) is 21.7. The molecular weight excluding hydrogens is 633 g/mol. The molecule has 10 nitrogen and oxygen atoms in total. The fraction of sp³-hybridized carbons (Fsp3) is 0.424. The van der Waals surface area contributed by atoms with Crippen LogP contribution in [0.25, 0.3) is 0 Å². The van der Waals surface area contributed by atoms with Crippen LogP contribution in [0.2, 0.25) is 5.02 Å². The van der Waals surface area contributed by atoms with Crippen LogP contribution in [0.5, 0.6) is 0 Å². The number of sulfonamides is 1. The number of nitrogens with one attached hydrogen (secondary N) is 3. The Morgan fingerprint density at radius 3 is 2.41 bits per heavy atom. The van der Waals surface area contributed by atoms with E-state index in [1.807, 2.05) is 0 Å². The van der Waals surface area contributed by atoms with Crippen molar-refractivity contribution in [3.63, 3.8) is 0 Å². The molecule has 1 aromatic heterocycles. The highest BCUT2D eigenvalue weighted by atomic mass is 35.5. The summed E-state index contributed by atoms with van der Waals surface area (Å²) in [6, 6.07) is 14.0. The summed E-state index contributed by atoms with van der Waals surface area (Å²) >= 11 is 5.93. The minimum atomic E-state index is -3.95. The molecule has 0 bridgehead atoms. The molecule has 246 valence electrons. The van der Waals surface area contributed by atoms with Crippen molar-refractivity contribution in [2.45, 2.75) is 75.3 Å². The highest BCUT2D eigenvalue weighted by molar-refractivity contribution is 7.90. The molecule has 13 heteroatoms. The topological polar surface area (TPSA) is 141 Å². The van der Waals surface area contributed by atoms with Gasteiger partial charge in [-0.05, 0) is 93.6 Å². The summed E-state index contributed by atoms with van der Waals surface area (Å²) in [5, 5.41) is 16.2. The van der Waals surface area contributed by atoms with Crippen LogP contribution in [-0.2, 0) is 20.4 Å². The Morgan fingerprint density at radius 1 is 1.07 bits per heavy atom. The molecule has 2 aliphatic rings. The predicted octanol–water partition coefficient (Wildman–Crippen LogP) is 5.63. The Morgan fingerprint density at radius 2 is 1.78 bits per heavy atom. The van der Waals surface area contributed by atoms with E-state index in [0.29, 0.717) is 40.7 Å². The molecule has 0 radical (unpaired) electrons. The molecule has 1 aliphatic carbocycles. The van der Waals surface area contributed by atoms with Crippen molar-refractivity contribution in [3.05, 3.63) is 89.0 Å². The minimum absolute atomic E-state index is 0.0498. The highest BCUT2D eigenvalue weighted by Gasteiger charge is 2.45. The molecule has 0 spiro atoms. The van der Waals surface area contributed by atoms with Crippen molar-refractivity contribution >= 4 is 44.9 Å². The first-order valence-electron chi connectivity index (χ1n) is 15.3. The molecule has 2 heterocycles. The van der Waals surface area contributed by atoms with Crippen LogP contribution >= 0.6 is 11.6 Å². The van der Waals surface area contributed by atoms with Crippen molar-refractivity contribution in [2.24, 2.45) is 5.92 Å². The smallest absolute Gasteiger partial charge is 0.322 e. The molecule has 1 aliphatic heterocycles. The Hall–Kier alpha value is -3.58. The number of aliphatic hydroxyl groups is 1. The zero-order chi connectivity index (χ0) is 33.3. The predicted molar refractivity (Wildman–Crippen MR) is 175 cm³/mol. The molecular formula is C33H39ClFN5O5S. The van der Waals surface area contributed by atoms with Gasteiger partial charge in [0.05, 0.1) is 27.8 Å². The van der Waals surface area contributed by atoms with E-state index in [1.54, 1.807) is 69.4 Å². The number of hydrogen-bond acceptors (Lipinski definition) is 6. The molecule has 1 saturated heterocycles. The summed E-state index contributed by atoms with van der Waals surface area (Å²) in [5.41, 5.74) is -0.263. The van der Waals surface area contributed by atoms with Crippen molar-refractivity contribution in [1.29, 1.82) is 0 Å². The second-order valence-corrected chi connectivity index (χ2v) is 15.9. The van der Waals surface area contributed by atoms with Gasteiger partial charge in [-0.1, -0.05) is 36.6 Å². The largest absolute Gasteiger partial charge is 0.391 e. The Bertz CT molecular complexity index is 1680. The van der Waals surface area contributed by atoms with Crippen molar-refractivity contribution in [2.75, 3.05) is 17.2 Å². The van der Waals surface area contributed by atoms with Crippen LogP contribution in [0.4, 0.5) is 20.6 Å². The van der Waals surface area contributed by atoms with Gasteiger partial charge in [-0.3, -0.25) is 9.78 Å². The zero-order valence-corrected chi connectivity index (χ0v) is 27.5. The summed E-state index contributed by atoms with van der Waals surface area (Å²) in [6.45, 7) is 4.69. The van der Waals surface area contributed by atoms with Crippen molar-refractivity contribution in [3.8, 4) is 0 Å². The van der Waals surface area contributed by atoms with Gasteiger partial charge in [-0.15, -0.1) is 0 Å². The average molecular weight is 672 g/mol. The van der Waals surface area contributed by atoms with Gasteiger partial charge in [0.2, 0.25) is 15.9 Å². The number of carbonyl (C=O) groups excluding carboxylic acids is 2. The van der Waals surface area contributed by atoms with E-state index in [0.717, 1.165) is 12.8 Å². The van der Waals surface area contributed by atoms with Crippen LogP contribution < -0.4 is 15.4 Å². The maximum absolute atomic E-state index is 15.4. The normalized spacial score (nSPS) is 19.8. The molecule has 3 aromatic rings. The number of urea groups is 1. The number of amides is 3. The zero-order valence-electron chi connectivity index (χ0n) is 26.0. The fourth-order valence-electron chi connectivity index (χ4n) is 5.53. The van der Waals surface area contributed by atoms with Gasteiger partial charge in [-0.2, -0.15) is 4.72 Å². The molecule has 2 fully saturated rings. The number of benzene rings is 2. The summed E-state index contributed by atoms with van der Waals surface area (Å²) in [6.07, 6.45) is 3.72. The maximum Gasteiger partial charge on any atom is 0.322 e. The number of anilines is 2. The van der Waals surface area contributed by atoms with Gasteiger partial charge in [-0.25, -0.2) is 17.6 Å². The number of halogens is 2. The van der Waals surface area contributed by atoms with Crippen molar-refractivity contribution in [1.82, 2.24) is 14.6 Å². The summed E-state index contributed by atoms with van der Waals surface area (Å²) in [4.78, 5) is 32.4. The summed E-state index contributed by atoms with van der Waals surface area (Å²) < 4.78 is 44.6. The number of aromatic nitrogens is 1. The SMILES string of the molecule is CC(C)(C)S(=O)(=O)NC(CCC1CC1)(c1ccc(F)c(NC(=O)[C@H]2C[C@@H](O)CN2C(=O)Nc2ccc(Cl)cc2)c1)c1ccccn1. The molecule has 1 unspecified atom stereocenters. The number of aliphatic hydroxyl groups excluding tert-OH is 1. The van der Waals surface area contributed by atoms with E-state index in [2.05, 4.69) is 20.3 Å². The van der Waals surface area contributed by atoms with Gasteiger partial charge in [0, 0.05) is 29.9 Å². The van der Waals surface area contributed by atoms with E-state index in [9.17, 15) is 23.1 Å². The number of β-amino-alcohol motifs (C(OH)–C–C–N with tert-alkyl or cyclic N) is 1. The molecule has 4 N–H and O–H groups in total. The van der Waals surface area contributed by atoms with Crippen LogP contribution in [0, 0.1) is 11.7 Å². The summed E-state index contributed by atoms with van der Waals surface area (Å²) in [7, 11) is -3.95. The molecule has 3 atom stereocenters. The van der Waals surface area contributed by atoms with Gasteiger partial charge < -0.3 is 20.6 Å². The van der Waals surface area contributed by atoms with E-state index >= 15 is 4.39 Å². The third-order valence-electron chi connectivity index (χ3n) is 8.50. The number of carbonyl (C=O) groups is 2. The third-order valence-corrected chi connectivity index (χ3v) is 11.0. The monoisotopic (exact) mass is 671 g/mol. The minimum Gasteiger partial charge on any atom is -0.391 e. The lowest BCUT2D eigenvalue weighted by molar-refractivity contribution is -0.119. The van der Waals surface area contributed by atoms with Gasteiger partial charge in [0.15, 0.2) is 0 Å². The van der Waals surface area contributed by atoms with Crippen LogP contribution in [-0.4, -0.2) is 58.8 Å². The lowest BCUT2D eigenvalue weighted by Crippen LogP contribution is -2.52. The number of nitrogens with zero attached hydrogens (tertiary/aromatic N) is 2. The standard InChI is InChI=1S/C33H39ClFN5O5S/c1-32(2,3)46(44,45)39-33(16-15-21-7-8-21,29-6-4-5-17-36-29)22-9-14-26(35)27(18-22)38-30(42)28-19-25(41)20-40(28)31(43)37-24-12-10-23(34)11-13-24/h4-6,9-14,17-18,21,25,28,39,41H,7-8,15-16,19-20H2,1-3H3,(H,37,43)(H,38,42)/t25-,28-,33?/m1/s1. The summed E-state index contributed by atoms with van der Waals surface area (Å²) in [5.74, 6) is -1.00. The molecule has 5 rings (SSSR count). The van der Waals surface area contributed by atoms with E-state index in [-0.39, 0.29) is 18.7 Å². The lowest BCUT2D eigenvalue weighted by Gasteiger charge is -2.37. The van der Waals surface area contributed by atoms with E-state index < -0.39 is 50.2 Å². The van der Waals surface area contributed by atoms with Crippen LogP contribution in [0.1, 0.15) is 64.1 Å². The third kappa shape index (κ3) is 7.52. The van der Waals surface area contributed by atoms with E-state index in [1.165, 1.54) is 23.1 Å². The van der Waals surface area contributed by atoms with Crippen LogP contribution in [0.15, 0.2) is 66.9 Å². The number of pyridine rings is 1. The number of rotatable bonds is 10. The first-order valence-corrected chi connectivity index (χ1v) is 17.1. The highest BCUT2D eigenvalue weighted by Crippen LogP contribution is 2.42. The average Bonchev–Trinajstić information content (AvgIpc) is 3.75. The molecule has 3 amide bonds. The second-order valence-electron chi connectivity index (χ2n) is 13.0. The number of hydrogen-bond donors (Lipinski definition) is 4. The van der Waals surface area contributed by atoms with Gasteiger partial charge in [0.25, 0.3) is 0 Å². The first kappa shape index (κ1) is 33.8. The van der Waals surface area contributed by atoms with Crippen molar-refractivity contribution < 1.29 is 27.5 Å². The lowest BCUT2D eigenvalue weighted by atomic mass is 9.82. The molecule has 46 heavy (non-hydrogen) atoms. The number of likely N-dealkylation sites (tertiary alicyclic amines) is 1. The molecule has 1 saturated carbocycles. The Kier molecular flexibility index (Phi) is 9.74. The second kappa shape index (κ2) is 13.3. The fourth-order valence-corrected chi connectivity index (χ4v) is 6.74. The quantitative estimate of drug-likeness (QED) is 0.220. The Balaban J connectivity index is 1.48. The van der Waals surface area contributed by atoms with Crippen LogP contribution in [0.3, 0.4) is 0 Å².